The summed E-state index contributed by atoms with van der Waals surface area (Å²) in [6.07, 6.45) is 9.77. The normalized spacial score (nSPS) is 23.3. The zero-order chi connectivity index (χ0) is 22.3. The molecule has 0 spiro atoms. The maximum Gasteiger partial charge on any atom is 0.145 e. The lowest BCUT2D eigenvalue weighted by atomic mass is 10.0. The third-order valence-corrected chi connectivity index (χ3v) is 6.34. The topological polar surface area (TPSA) is 95.2 Å². The van der Waals surface area contributed by atoms with E-state index in [4.69, 9.17) is 0 Å². The summed E-state index contributed by atoms with van der Waals surface area (Å²) in [7, 11) is 1.83. The molecule has 1 aliphatic rings. The van der Waals surface area contributed by atoms with Crippen LogP contribution < -0.4 is 10.6 Å². The van der Waals surface area contributed by atoms with E-state index in [1.165, 1.54) is 11.9 Å². The molecule has 0 radical (unpaired) electrons. The summed E-state index contributed by atoms with van der Waals surface area (Å²) in [6.45, 7) is 1.95. The molecule has 3 aromatic rings. The minimum atomic E-state index is -0.826. The Bertz CT molecular complexity index is 1020. The molecule has 32 heavy (non-hydrogen) atoms. The SMILES string of the molecule is CNc1ncnc2c1ccn2C1C[C@H](/C=C/CCCNCCc2ccccc2)[C@@H](O)[C@H]1O. The maximum absolute atomic E-state index is 10.7. The number of hydrogen-bond acceptors (Lipinski definition) is 6. The molecule has 1 aliphatic carbocycles. The third kappa shape index (κ3) is 5.01. The molecular weight excluding hydrogens is 402 g/mol. The highest BCUT2D eigenvalue weighted by Gasteiger charge is 2.41. The second kappa shape index (κ2) is 10.7. The molecule has 7 nitrogen and oxygen atoms in total. The van der Waals surface area contributed by atoms with Gasteiger partial charge in [0.05, 0.1) is 17.5 Å². The second-order valence-corrected chi connectivity index (χ2v) is 8.44. The summed E-state index contributed by atoms with van der Waals surface area (Å²) >= 11 is 0. The van der Waals surface area contributed by atoms with E-state index < -0.39 is 12.2 Å². The van der Waals surface area contributed by atoms with Crippen molar-refractivity contribution in [1.29, 1.82) is 0 Å². The lowest BCUT2D eigenvalue weighted by molar-refractivity contribution is 0.0138. The fourth-order valence-corrected chi connectivity index (χ4v) is 4.57. The smallest absolute Gasteiger partial charge is 0.145 e. The van der Waals surface area contributed by atoms with Gasteiger partial charge in [0.25, 0.3) is 0 Å². The molecule has 1 saturated carbocycles. The van der Waals surface area contributed by atoms with Crippen LogP contribution in [0.25, 0.3) is 11.0 Å². The first kappa shape index (κ1) is 22.5. The molecule has 170 valence electrons. The van der Waals surface area contributed by atoms with Gasteiger partial charge in [-0.2, -0.15) is 0 Å². The zero-order valence-electron chi connectivity index (χ0n) is 18.6. The van der Waals surface area contributed by atoms with Crippen molar-refractivity contribution in [2.45, 2.75) is 43.9 Å². The Morgan fingerprint density at radius 3 is 2.75 bits per heavy atom. The monoisotopic (exact) mass is 435 g/mol. The van der Waals surface area contributed by atoms with Gasteiger partial charge in [0.15, 0.2) is 0 Å². The number of nitrogens with zero attached hydrogens (tertiary/aromatic N) is 3. The quantitative estimate of drug-likeness (QED) is 0.289. The highest BCUT2D eigenvalue weighted by Crippen LogP contribution is 2.38. The van der Waals surface area contributed by atoms with E-state index >= 15 is 0 Å². The Labute approximate surface area is 189 Å². The Morgan fingerprint density at radius 1 is 1.09 bits per heavy atom. The van der Waals surface area contributed by atoms with Crippen molar-refractivity contribution in [2.24, 2.45) is 5.92 Å². The number of hydrogen-bond donors (Lipinski definition) is 4. The number of benzene rings is 1. The van der Waals surface area contributed by atoms with Crippen molar-refractivity contribution in [3.05, 3.63) is 66.6 Å². The number of aliphatic hydroxyl groups is 2. The van der Waals surface area contributed by atoms with E-state index in [2.05, 4.69) is 57.0 Å². The van der Waals surface area contributed by atoms with Crippen LogP contribution in [-0.4, -0.2) is 57.1 Å². The van der Waals surface area contributed by atoms with Crippen LogP contribution in [0.1, 0.15) is 30.9 Å². The van der Waals surface area contributed by atoms with E-state index in [0.717, 1.165) is 49.2 Å². The van der Waals surface area contributed by atoms with Crippen LogP contribution in [0.15, 0.2) is 61.1 Å². The van der Waals surface area contributed by atoms with Gasteiger partial charge in [0, 0.05) is 19.2 Å². The fraction of sp³-hybridized carbons (Fsp3) is 0.440. The summed E-state index contributed by atoms with van der Waals surface area (Å²) in [5.41, 5.74) is 2.12. The Morgan fingerprint density at radius 2 is 1.94 bits per heavy atom. The van der Waals surface area contributed by atoms with Crippen molar-refractivity contribution >= 4 is 16.9 Å². The van der Waals surface area contributed by atoms with Gasteiger partial charge in [-0.05, 0) is 50.4 Å². The van der Waals surface area contributed by atoms with Crippen LogP contribution in [0.3, 0.4) is 0 Å². The van der Waals surface area contributed by atoms with Gasteiger partial charge in [-0.25, -0.2) is 9.97 Å². The van der Waals surface area contributed by atoms with Gasteiger partial charge in [0.1, 0.15) is 23.9 Å². The van der Waals surface area contributed by atoms with Crippen molar-refractivity contribution in [1.82, 2.24) is 19.9 Å². The standard InChI is InChI=1S/C25H33N5O2/c1-26-24-20-12-15-30(25(20)29-17-28-24)21-16-19(22(31)23(21)32)10-6-3-7-13-27-14-11-18-8-4-2-5-9-18/h2,4-6,8-10,12,15,17,19,21-23,27,31-32H,3,7,11,13-14,16H2,1H3,(H,26,28,29)/b10-6+/t19-,21?,22+,23-/m0/s1. The number of anilines is 1. The number of rotatable bonds is 10. The Balaban J connectivity index is 1.25. The average molecular weight is 436 g/mol. The van der Waals surface area contributed by atoms with Gasteiger partial charge >= 0.3 is 0 Å². The fourth-order valence-electron chi connectivity index (χ4n) is 4.57. The van der Waals surface area contributed by atoms with Crippen molar-refractivity contribution < 1.29 is 10.2 Å². The third-order valence-electron chi connectivity index (χ3n) is 6.34. The number of aromatic nitrogens is 3. The Hall–Kier alpha value is -2.74. The molecule has 4 rings (SSSR count). The minimum absolute atomic E-state index is 0.0657. The first-order valence-corrected chi connectivity index (χ1v) is 11.5. The molecule has 2 heterocycles. The summed E-state index contributed by atoms with van der Waals surface area (Å²) in [4.78, 5) is 8.65. The van der Waals surface area contributed by atoms with Crippen LogP contribution in [0.5, 0.6) is 0 Å². The number of fused-ring (bicyclic) bond motifs is 1. The molecule has 0 saturated heterocycles. The number of unbranched alkanes of at least 4 members (excludes halogenated alkanes) is 1. The lowest BCUT2D eigenvalue weighted by Crippen LogP contribution is -2.29. The lowest BCUT2D eigenvalue weighted by Gasteiger charge is -2.18. The zero-order valence-corrected chi connectivity index (χ0v) is 18.6. The van der Waals surface area contributed by atoms with E-state index in [-0.39, 0.29) is 12.0 Å². The first-order valence-electron chi connectivity index (χ1n) is 11.5. The molecule has 7 heteroatoms. The van der Waals surface area contributed by atoms with Gasteiger partial charge in [-0.1, -0.05) is 42.5 Å². The van der Waals surface area contributed by atoms with E-state index in [9.17, 15) is 10.2 Å². The Kier molecular flexibility index (Phi) is 7.52. The maximum atomic E-state index is 10.7. The minimum Gasteiger partial charge on any atom is -0.390 e. The summed E-state index contributed by atoms with van der Waals surface area (Å²) < 4.78 is 1.97. The largest absolute Gasteiger partial charge is 0.390 e. The van der Waals surface area contributed by atoms with Crippen LogP contribution >= 0.6 is 0 Å². The van der Waals surface area contributed by atoms with Gasteiger partial charge in [-0.3, -0.25) is 0 Å². The molecule has 1 unspecified atom stereocenters. The van der Waals surface area contributed by atoms with Crippen molar-refractivity contribution in [2.75, 3.05) is 25.5 Å². The van der Waals surface area contributed by atoms with Gasteiger partial charge in [0.2, 0.25) is 0 Å². The van der Waals surface area contributed by atoms with E-state index in [1.54, 1.807) is 0 Å². The number of aliphatic hydroxyl groups excluding tert-OH is 2. The number of nitrogens with one attached hydrogen (secondary N) is 2. The molecular formula is C25H33N5O2. The van der Waals surface area contributed by atoms with E-state index in [1.807, 2.05) is 29.9 Å². The first-order chi connectivity index (χ1) is 15.7. The van der Waals surface area contributed by atoms with Crippen LogP contribution in [0.2, 0.25) is 0 Å². The summed E-state index contributed by atoms with van der Waals surface area (Å²) in [5, 5.41) is 28.8. The molecule has 4 atom stereocenters. The van der Waals surface area contributed by atoms with Crippen LogP contribution in [0.4, 0.5) is 5.82 Å². The molecule has 2 aromatic heterocycles. The molecule has 0 aliphatic heterocycles. The molecule has 0 amide bonds. The molecule has 1 aromatic carbocycles. The van der Waals surface area contributed by atoms with Crippen LogP contribution in [-0.2, 0) is 6.42 Å². The van der Waals surface area contributed by atoms with Crippen molar-refractivity contribution in [3.8, 4) is 0 Å². The molecule has 4 N–H and O–H groups in total. The van der Waals surface area contributed by atoms with E-state index in [0.29, 0.717) is 6.42 Å². The number of allylic oxidation sites excluding steroid dienone is 1. The van der Waals surface area contributed by atoms with Crippen molar-refractivity contribution in [3.63, 3.8) is 0 Å². The molecule has 1 fully saturated rings. The van der Waals surface area contributed by atoms with Gasteiger partial charge in [-0.15, -0.1) is 0 Å². The highest BCUT2D eigenvalue weighted by atomic mass is 16.3. The van der Waals surface area contributed by atoms with Crippen LogP contribution in [0, 0.1) is 5.92 Å². The summed E-state index contributed by atoms with van der Waals surface area (Å²) in [6, 6.07) is 12.2. The predicted molar refractivity (Wildman–Crippen MR) is 128 cm³/mol. The highest BCUT2D eigenvalue weighted by molar-refractivity contribution is 5.87. The second-order valence-electron chi connectivity index (χ2n) is 8.44. The average Bonchev–Trinajstić information content (AvgIpc) is 3.37. The van der Waals surface area contributed by atoms with Gasteiger partial charge < -0.3 is 25.4 Å². The predicted octanol–water partition coefficient (Wildman–Crippen LogP) is 2.92. The molecule has 0 bridgehead atoms. The summed E-state index contributed by atoms with van der Waals surface area (Å²) in [5.74, 6) is 0.694.